The Morgan fingerprint density at radius 1 is 1.24 bits per heavy atom. The molecule has 0 heterocycles. The van der Waals surface area contributed by atoms with Crippen molar-refractivity contribution >= 4 is 33.0 Å². The second-order valence-electron chi connectivity index (χ2n) is 4.43. The predicted octanol–water partition coefficient (Wildman–Crippen LogP) is 2.87. The Bertz CT molecular complexity index is 748. The Hall–Kier alpha value is -1.76. The second kappa shape index (κ2) is 6.34. The highest BCUT2D eigenvalue weighted by Crippen LogP contribution is 2.26. The van der Waals surface area contributed by atoms with Gasteiger partial charge in [-0.25, -0.2) is 8.42 Å². The van der Waals surface area contributed by atoms with E-state index in [1.54, 1.807) is 31.4 Å². The minimum atomic E-state index is -3.80. The molecule has 5 nitrogen and oxygen atoms in total. The molecule has 0 unspecified atom stereocenters. The van der Waals surface area contributed by atoms with Crippen LogP contribution in [-0.4, -0.2) is 15.5 Å². The Balaban J connectivity index is 2.33. The summed E-state index contributed by atoms with van der Waals surface area (Å²) in [6, 6.07) is 11.2. The first kappa shape index (κ1) is 15.6. The fourth-order valence-electron chi connectivity index (χ4n) is 1.83. The van der Waals surface area contributed by atoms with E-state index in [0.29, 0.717) is 18.0 Å². The van der Waals surface area contributed by atoms with E-state index in [1.165, 1.54) is 12.1 Å². The molecule has 2 aromatic rings. The van der Waals surface area contributed by atoms with Gasteiger partial charge in [0, 0.05) is 18.5 Å². The molecule has 7 heteroatoms. The standard InChI is InChI=1S/C14H15ClN2O3S/c1-20-9-10-3-2-4-12(7-10)17-21(18,19)14-8-11(16)5-6-13(14)15/h2-8,17H,9,16H2,1H3. The van der Waals surface area contributed by atoms with Crippen LogP contribution >= 0.6 is 11.6 Å². The third kappa shape index (κ3) is 3.87. The van der Waals surface area contributed by atoms with Crippen molar-refractivity contribution in [3.63, 3.8) is 0 Å². The normalized spacial score (nSPS) is 11.3. The average Bonchev–Trinajstić information content (AvgIpc) is 2.42. The van der Waals surface area contributed by atoms with Crippen molar-refractivity contribution in [3.8, 4) is 0 Å². The highest BCUT2D eigenvalue weighted by Gasteiger charge is 2.18. The number of ether oxygens (including phenoxy) is 1. The molecule has 2 aromatic carbocycles. The fraction of sp³-hybridized carbons (Fsp3) is 0.143. The summed E-state index contributed by atoms with van der Waals surface area (Å²) in [7, 11) is -2.23. The van der Waals surface area contributed by atoms with E-state index >= 15 is 0 Å². The molecular weight excluding hydrogens is 312 g/mol. The summed E-state index contributed by atoms with van der Waals surface area (Å²) in [6.45, 7) is 0.397. The summed E-state index contributed by atoms with van der Waals surface area (Å²) in [4.78, 5) is -0.0543. The molecule has 0 fully saturated rings. The Labute approximate surface area is 128 Å². The largest absolute Gasteiger partial charge is 0.399 e. The zero-order valence-electron chi connectivity index (χ0n) is 11.3. The van der Waals surface area contributed by atoms with Gasteiger partial charge in [0.25, 0.3) is 10.0 Å². The van der Waals surface area contributed by atoms with Crippen LogP contribution in [0.4, 0.5) is 11.4 Å². The summed E-state index contributed by atoms with van der Waals surface area (Å²) in [5.41, 5.74) is 7.23. The molecule has 0 spiro atoms. The lowest BCUT2D eigenvalue weighted by molar-refractivity contribution is 0.185. The van der Waals surface area contributed by atoms with Gasteiger partial charge in [0.1, 0.15) is 4.90 Å². The molecule has 21 heavy (non-hydrogen) atoms. The zero-order chi connectivity index (χ0) is 15.5. The van der Waals surface area contributed by atoms with Gasteiger partial charge in [-0.2, -0.15) is 0 Å². The minimum absolute atomic E-state index is 0.0543. The van der Waals surface area contributed by atoms with E-state index in [0.717, 1.165) is 5.56 Å². The van der Waals surface area contributed by atoms with Crippen molar-refractivity contribution in [2.45, 2.75) is 11.5 Å². The molecule has 3 N–H and O–H groups in total. The summed E-state index contributed by atoms with van der Waals surface area (Å²) in [6.07, 6.45) is 0. The van der Waals surface area contributed by atoms with E-state index in [-0.39, 0.29) is 9.92 Å². The van der Waals surface area contributed by atoms with Gasteiger partial charge < -0.3 is 10.5 Å². The molecule has 0 aromatic heterocycles. The lowest BCUT2D eigenvalue weighted by Gasteiger charge is -2.11. The number of benzene rings is 2. The van der Waals surface area contributed by atoms with E-state index in [2.05, 4.69) is 4.72 Å². The van der Waals surface area contributed by atoms with Crippen LogP contribution in [0.25, 0.3) is 0 Å². The number of sulfonamides is 1. The monoisotopic (exact) mass is 326 g/mol. The lowest BCUT2D eigenvalue weighted by atomic mass is 10.2. The maximum Gasteiger partial charge on any atom is 0.263 e. The number of rotatable bonds is 5. The van der Waals surface area contributed by atoms with Crippen molar-refractivity contribution in [1.29, 1.82) is 0 Å². The zero-order valence-corrected chi connectivity index (χ0v) is 12.9. The van der Waals surface area contributed by atoms with Crippen molar-refractivity contribution < 1.29 is 13.2 Å². The molecule has 112 valence electrons. The van der Waals surface area contributed by atoms with Crippen LogP contribution < -0.4 is 10.5 Å². The molecule has 0 saturated carbocycles. The maximum atomic E-state index is 12.4. The van der Waals surface area contributed by atoms with Gasteiger partial charge in [0.2, 0.25) is 0 Å². The van der Waals surface area contributed by atoms with Gasteiger partial charge in [-0.15, -0.1) is 0 Å². The van der Waals surface area contributed by atoms with Crippen LogP contribution in [0.1, 0.15) is 5.56 Å². The molecule has 0 amide bonds. The topological polar surface area (TPSA) is 81.4 Å². The molecule has 0 aliphatic carbocycles. The lowest BCUT2D eigenvalue weighted by Crippen LogP contribution is -2.14. The molecule has 0 atom stereocenters. The first-order valence-corrected chi connectivity index (χ1v) is 7.94. The Morgan fingerprint density at radius 3 is 2.71 bits per heavy atom. The van der Waals surface area contributed by atoms with Crippen molar-refractivity contribution in [2.24, 2.45) is 0 Å². The number of anilines is 2. The van der Waals surface area contributed by atoms with Crippen LogP contribution in [0.3, 0.4) is 0 Å². The smallest absolute Gasteiger partial charge is 0.263 e. The first-order chi connectivity index (χ1) is 9.92. The van der Waals surface area contributed by atoms with E-state index in [4.69, 9.17) is 22.1 Å². The molecular formula is C14H15ClN2O3S. The Kier molecular flexibility index (Phi) is 4.72. The van der Waals surface area contributed by atoms with Crippen LogP contribution in [-0.2, 0) is 21.4 Å². The summed E-state index contributed by atoms with van der Waals surface area (Å²) in [5, 5.41) is 0.116. The molecule has 0 saturated heterocycles. The number of nitrogens with two attached hydrogens (primary N) is 1. The number of hydrogen-bond acceptors (Lipinski definition) is 4. The van der Waals surface area contributed by atoms with Crippen LogP contribution in [0.15, 0.2) is 47.4 Å². The number of nitrogen functional groups attached to an aromatic ring is 1. The number of hydrogen-bond donors (Lipinski definition) is 2. The fourth-order valence-corrected chi connectivity index (χ4v) is 3.41. The second-order valence-corrected chi connectivity index (χ2v) is 6.49. The average molecular weight is 327 g/mol. The summed E-state index contributed by atoms with van der Waals surface area (Å²) < 4.78 is 32.2. The first-order valence-electron chi connectivity index (χ1n) is 6.08. The van der Waals surface area contributed by atoms with Gasteiger partial charge in [-0.3, -0.25) is 4.72 Å². The Morgan fingerprint density at radius 2 is 2.00 bits per heavy atom. The van der Waals surface area contributed by atoms with Crippen LogP contribution in [0.2, 0.25) is 5.02 Å². The summed E-state index contributed by atoms with van der Waals surface area (Å²) in [5.74, 6) is 0. The predicted molar refractivity (Wildman–Crippen MR) is 83.8 cm³/mol. The van der Waals surface area contributed by atoms with E-state index in [9.17, 15) is 8.42 Å². The summed E-state index contributed by atoms with van der Waals surface area (Å²) >= 11 is 5.93. The molecule has 2 rings (SSSR count). The van der Waals surface area contributed by atoms with Gasteiger partial charge in [0.05, 0.1) is 11.6 Å². The molecule has 0 bridgehead atoms. The number of methoxy groups -OCH3 is 1. The van der Waals surface area contributed by atoms with Crippen LogP contribution in [0, 0.1) is 0 Å². The minimum Gasteiger partial charge on any atom is -0.399 e. The van der Waals surface area contributed by atoms with E-state index in [1.807, 2.05) is 6.07 Å². The highest BCUT2D eigenvalue weighted by molar-refractivity contribution is 7.92. The molecule has 0 aliphatic heterocycles. The highest BCUT2D eigenvalue weighted by atomic mass is 35.5. The third-order valence-corrected chi connectivity index (χ3v) is 4.60. The van der Waals surface area contributed by atoms with E-state index < -0.39 is 10.0 Å². The van der Waals surface area contributed by atoms with Crippen molar-refractivity contribution in [1.82, 2.24) is 0 Å². The SMILES string of the molecule is COCc1cccc(NS(=O)(=O)c2cc(N)ccc2Cl)c1. The molecule has 0 aliphatic rings. The van der Waals surface area contributed by atoms with Crippen molar-refractivity contribution in [2.75, 3.05) is 17.6 Å². The van der Waals surface area contributed by atoms with Gasteiger partial charge in [-0.1, -0.05) is 23.7 Å². The quantitative estimate of drug-likeness (QED) is 0.828. The maximum absolute atomic E-state index is 12.4. The number of nitrogens with one attached hydrogen (secondary N) is 1. The van der Waals surface area contributed by atoms with Gasteiger partial charge >= 0.3 is 0 Å². The third-order valence-electron chi connectivity index (χ3n) is 2.73. The number of halogens is 1. The van der Waals surface area contributed by atoms with Gasteiger partial charge in [-0.05, 0) is 35.9 Å². The van der Waals surface area contributed by atoms with Crippen molar-refractivity contribution in [3.05, 3.63) is 53.1 Å². The van der Waals surface area contributed by atoms with Crippen LogP contribution in [0.5, 0.6) is 0 Å². The van der Waals surface area contributed by atoms with Gasteiger partial charge in [0.15, 0.2) is 0 Å². The molecule has 0 radical (unpaired) electrons.